The van der Waals surface area contributed by atoms with E-state index in [2.05, 4.69) is 28.9 Å². The van der Waals surface area contributed by atoms with Gasteiger partial charge in [-0.3, -0.25) is 4.79 Å². The molecule has 2 aromatic heterocycles. The maximum absolute atomic E-state index is 12.3. The maximum atomic E-state index is 12.3. The Morgan fingerprint density at radius 2 is 1.88 bits per heavy atom. The van der Waals surface area contributed by atoms with Gasteiger partial charge in [0.1, 0.15) is 0 Å². The number of piperidine rings is 1. The smallest absolute Gasteiger partial charge is 0.378 e. The number of ether oxygens (including phenoxy) is 1. The molecule has 25 heavy (non-hydrogen) atoms. The highest BCUT2D eigenvalue weighted by Crippen LogP contribution is 2.20. The van der Waals surface area contributed by atoms with E-state index in [0.29, 0.717) is 30.7 Å². The van der Waals surface area contributed by atoms with Gasteiger partial charge in [-0.25, -0.2) is 14.3 Å². The summed E-state index contributed by atoms with van der Waals surface area (Å²) in [4.78, 5) is 34.5. The van der Waals surface area contributed by atoms with Crippen LogP contribution in [-0.4, -0.2) is 56.1 Å². The fourth-order valence-corrected chi connectivity index (χ4v) is 3.40. The zero-order valence-corrected chi connectivity index (χ0v) is 15.0. The molecule has 0 aliphatic carbocycles. The van der Waals surface area contributed by atoms with Crippen molar-refractivity contribution in [3.63, 3.8) is 0 Å². The first-order chi connectivity index (χ1) is 11.8. The van der Waals surface area contributed by atoms with E-state index in [1.807, 2.05) is 19.9 Å². The predicted molar refractivity (Wildman–Crippen MR) is 90.1 cm³/mol. The molecule has 3 heterocycles. The number of carbonyl (C=O) groups excluding carboxylic acids is 2. The van der Waals surface area contributed by atoms with Crippen LogP contribution in [0.1, 0.15) is 42.3 Å². The molecular weight excluding hydrogens is 322 g/mol. The summed E-state index contributed by atoms with van der Waals surface area (Å²) in [5.41, 5.74) is 1.61. The van der Waals surface area contributed by atoms with Crippen LogP contribution in [0.4, 0.5) is 0 Å². The van der Waals surface area contributed by atoms with Crippen LogP contribution in [0.5, 0.6) is 0 Å². The second kappa shape index (κ2) is 6.78. The molecule has 134 valence electrons. The Morgan fingerprint density at radius 3 is 2.56 bits per heavy atom. The first-order valence-electron chi connectivity index (χ1n) is 8.49. The minimum absolute atomic E-state index is 0.0885. The maximum Gasteiger partial charge on any atom is 0.378 e. The summed E-state index contributed by atoms with van der Waals surface area (Å²) < 4.78 is 6.60. The number of hydrogen-bond donors (Lipinski definition) is 0. The van der Waals surface area contributed by atoms with Crippen LogP contribution in [0.2, 0.25) is 0 Å². The molecule has 1 aliphatic heterocycles. The number of amides is 1. The zero-order valence-electron chi connectivity index (χ0n) is 15.0. The Hall–Kier alpha value is -2.51. The van der Waals surface area contributed by atoms with E-state index in [9.17, 15) is 9.59 Å². The third kappa shape index (κ3) is 3.78. The largest absolute Gasteiger partial charge is 0.450 e. The molecule has 0 unspecified atom stereocenters. The molecule has 0 N–H and O–H groups in total. The van der Waals surface area contributed by atoms with Gasteiger partial charge in [0.05, 0.1) is 0 Å². The molecule has 0 spiro atoms. The second-order valence-electron chi connectivity index (χ2n) is 7.01. The van der Waals surface area contributed by atoms with E-state index in [1.165, 1.54) is 4.52 Å². The van der Waals surface area contributed by atoms with Gasteiger partial charge in [-0.2, -0.15) is 4.98 Å². The summed E-state index contributed by atoms with van der Waals surface area (Å²) >= 11 is 0. The molecule has 2 aromatic rings. The van der Waals surface area contributed by atoms with Gasteiger partial charge in [0.15, 0.2) is 6.61 Å². The Kier molecular flexibility index (Phi) is 4.69. The number of carbonyl (C=O) groups is 2. The molecule has 1 fully saturated rings. The number of hydrogen-bond acceptors (Lipinski definition) is 6. The lowest BCUT2D eigenvalue weighted by Gasteiger charge is -2.34. The summed E-state index contributed by atoms with van der Waals surface area (Å²) in [7, 11) is 0. The Morgan fingerprint density at radius 1 is 1.20 bits per heavy atom. The van der Waals surface area contributed by atoms with E-state index in [4.69, 9.17) is 4.74 Å². The van der Waals surface area contributed by atoms with Gasteiger partial charge in [-0.15, -0.1) is 5.10 Å². The van der Waals surface area contributed by atoms with Crippen LogP contribution in [0.3, 0.4) is 0 Å². The fourth-order valence-electron chi connectivity index (χ4n) is 3.40. The molecule has 0 radical (unpaired) electrons. The molecule has 0 aromatic carbocycles. The van der Waals surface area contributed by atoms with Gasteiger partial charge in [0, 0.05) is 24.5 Å². The minimum atomic E-state index is -0.714. The number of aryl methyl sites for hydroxylation is 2. The average Bonchev–Trinajstić information content (AvgIpc) is 2.95. The van der Waals surface area contributed by atoms with Crippen molar-refractivity contribution in [3.05, 3.63) is 23.3 Å². The second-order valence-corrected chi connectivity index (χ2v) is 7.01. The van der Waals surface area contributed by atoms with E-state index in [0.717, 1.165) is 17.8 Å². The lowest BCUT2D eigenvalue weighted by atomic mass is 9.92. The fraction of sp³-hybridized carbons (Fsp3) is 0.588. The van der Waals surface area contributed by atoms with Crippen LogP contribution >= 0.6 is 0 Å². The third-order valence-corrected chi connectivity index (χ3v) is 4.35. The van der Waals surface area contributed by atoms with Gasteiger partial charge in [0.25, 0.3) is 17.5 Å². The summed E-state index contributed by atoms with van der Waals surface area (Å²) in [6.07, 6.45) is 1.11. The highest BCUT2D eigenvalue weighted by molar-refractivity contribution is 5.88. The van der Waals surface area contributed by atoms with Crippen molar-refractivity contribution in [1.82, 2.24) is 24.5 Å². The summed E-state index contributed by atoms with van der Waals surface area (Å²) in [6, 6.07) is 1.85. The predicted octanol–water partition coefficient (Wildman–Crippen LogP) is 1.40. The van der Waals surface area contributed by atoms with Crippen molar-refractivity contribution in [2.75, 3.05) is 19.7 Å². The Labute approximate surface area is 146 Å². The summed E-state index contributed by atoms with van der Waals surface area (Å²) in [5.74, 6) is 0.278. The van der Waals surface area contributed by atoms with Gasteiger partial charge >= 0.3 is 5.97 Å². The van der Waals surface area contributed by atoms with Crippen molar-refractivity contribution in [2.24, 2.45) is 11.8 Å². The number of fused-ring (bicyclic) bond motifs is 1. The Balaban J connectivity index is 1.64. The van der Waals surface area contributed by atoms with Crippen molar-refractivity contribution < 1.29 is 14.3 Å². The van der Waals surface area contributed by atoms with Gasteiger partial charge < -0.3 is 9.64 Å². The average molecular weight is 345 g/mol. The van der Waals surface area contributed by atoms with Crippen molar-refractivity contribution in [1.29, 1.82) is 0 Å². The lowest BCUT2D eigenvalue weighted by Crippen LogP contribution is -2.44. The van der Waals surface area contributed by atoms with E-state index in [-0.39, 0.29) is 18.3 Å². The molecule has 1 saturated heterocycles. The molecule has 1 aliphatic rings. The Bertz CT molecular complexity index is 806. The SMILES string of the molecule is Cc1cc(C)n2nc(C(=O)OCC(=O)N3C[C@@H](C)C[C@H](C)C3)nc2n1. The van der Waals surface area contributed by atoms with Crippen LogP contribution in [0.25, 0.3) is 5.78 Å². The van der Waals surface area contributed by atoms with Crippen molar-refractivity contribution >= 4 is 17.7 Å². The normalized spacial score (nSPS) is 20.7. The van der Waals surface area contributed by atoms with E-state index < -0.39 is 5.97 Å². The van der Waals surface area contributed by atoms with E-state index in [1.54, 1.807) is 4.90 Å². The molecular formula is C17H23N5O3. The molecule has 0 saturated carbocycles. The summed E-state index contributed by atoms with van der Waals surface area (Å²) in [6.45, 7) is 9.07. The number of likely N-dealkylation sites (tertiary alicyclic amines) is 1. The number of rotatable bonds is 3. The first kappa shape index (κ1) is 17.3. The third-order valence-electron chi connectivity index (χ3n) is 4.35. The molecule has 1 amide bonds. The van der Waals surface area contributed by atoms with E-state index >= 15 is 0 Å². The zero-order chi connectivity index (χ0) is 18.1. The van der Waals surface area contributed by atoms with Crippen LogP contribution < -0.4 is 0 Å². The highest BCUT2D eigenvalue weighted by Gasteiger charge is 2.26. The molecule has 8 nitrogen and oxygen atoms in total. The standard InChI is InChI=1S/C17H23N5O3/c1-10-5-11(2)8-21(7-10)14(23)9-25-16(24)15-19-17-18-12(3)6-13(4)22(17)20-15/h6,10-11H,5,7-9H2,1-4H3/t10-,11-/m0/s1. The number of esters is 1. The minimum Gasteiger partial charge on any atom is -0.450 e. The first-order valence-corrected chi connectivity index (χ1v) is 8.49. The van der Waals surface area contributed by atoms with Crippen molar-refractivity contribution in [3.8, 4) is 0 Å². The van der Waals surface area contributed by atoms with Crippen LogP contribution in [-0.2, 0) is 9.53 Å². The quantitative estimate of drug-likeness (QED) is 0.781. The molecule has 8 heteroatoms. The number of nitrogens with zero attached hydrogens (tertiary/aromatic N) is 5. The van der Waals surface area contributed by atoms with Gasteiger partial charge in [-0.1, -0.05) is 13.8 Å². The topological polar surface area (TPSA) is 89.7 Å². The monoisotopic (exact) mass is 345 g/mol. The molecule has 0 bridgehead atoms. The lowest BCUT2D eigenvalue weighted by molar-refractivity contribution is -0.137. The van der Waals surface area contributed by atoms with Crippen LogP contribution in [0.15, 0.2) is 6.07 Å². The summed E-state index contributed by atoms with van der Waals surface area (Å²) in [5, 5.41) is 4.11. The number of aromatic nitrogens is 4. The van der Waals surface area contributed by atoms with Crippen molar-refractivity contribution in [2.45, 2.75) is 34.1 Å². The van der Waals surface area contributed by atoms with Gasteiger partial charge in [-0.05, 0) is 38.2 Å². The molecule has 3 rings (SSSR count). The molecule has 2 atom stereocenters. The van der Waals surface area contributed by atoms with Crippen LogP contribution in [0, 0.1) is 25.7 Å². The highest BCUT2D eigenvalue weighted by atomic mass is 16.5. The van der Waals surface area contributed by atoms with Gasteiger partial charge in [0.2, 0.25) is 0 Å².